The van der Waals surface area contributed by atoms with Gasteiger partial charge in [-0.25, -0.2) is 4.79 Å². The summed E-state index contributed by atoms with van der Waals surface area (Å²) in [5.74, 6) is -1.01. The van der Waals surface area contributed by atoms with Crippen molar-refractivity contribution in [2.24, 2.45) is 0 Å². The fraction of sp³-hybridized carbons (Fsp3) is 0.421. The molecule has 0 saturated heterocycles. The van der Waals surface area contributed by atoms with E-state index in [1.54, 1.807) is 4.90 Å². The third-order valence-electron chi connectivity index (χ3n) is 5.26. The number of aryl methyl sites for hydroxylation is 2. The lowest BCUT2D eigenvalue weighted by atomic mass is 9.90. The number of nitrogens with one attached hydrogen (secondary N) is 1. The minimum Gasteiger partial charge on any atom is -0.476 e. The van der Waals surface area contributed by atoms with E-state index in [4.69, 9.17) is 0 Å². The molecule has 0 unspecified atom stereocenters. The van der Waals surface area contributed by atoms with Gasteiger partial charge >= 0.3 is 5.97 Å². The van der Waals surface area contributed by atoms with E-state index in [0.717, 1.165) is 24.1 Å². The van der Waals surface area contributed by atoms with Crippen LogP contribution in [0.5, 0.6) is 0 Å². The smallest absolute Gasteiger partial charge is 0.356 e. The average Bonchev–Trinajstić information content (AvgIpc) is 3.05. The molecule has 0 saturated carbocycles. The van der Waals surface area contributed by atoms with Gasteiger partial charge in [-0.3, -0.25) is 9.89 Å². The SMILES string of the molecule is O=C(O)c1n[nH]c2c1CN(C(=O)Cc1ccc3c(c1)CCCC3)CC2. The van der Waals surface area contributed by atoms with E-state index in [2.05, 4.69) is 28.4 Å². The molecule has 2 aliphatic rings. The third kappa shape index (κ3) is 3.04. The maximum absolute atomic E-state index is 12.7. The monoisotopic (exact) mass is 339 g/mol. The van der Waals surface area contributed by atoms with E-state index in [1.807, 2.05) is 0 Å². The van der Waals surface area contributed by atoms with Crippen LogP contribution in [0.3, 0.4) is 0 Å². The summed E-state index contributed by atoms with van der Waals surface area (Å²) in [5, 5.41) is 15.9. The minimum atomic E-state index is -1.05. The number of carboxylic acid groups (broad SMARTS) is 1. The summed E-state index contributed by atoms with van der Waals surface area (Å²) in [6.07, 6.45) is 5.68. The Morgan fingerprint density at radius 2 is 1.96 bits per heavy atom. The minimum absolute atomic E-state index is 0.0290. The number of carbonyl (C=O) groups is 2. The van der Waals surface area contributed by atoms with Crippen LogP contribution >= 0.6 is 0 Å². The van der Waals surface area contributed by atoms with Gasteiger partial charge in [0, 0.05) is 30.8 Å². The molecule has 1 aromatic heterocycles. The van der Waals surface area contributed by atoms with Crippen LogP contribution < -0.4 is 0 Å². The largest absolute Gasteiger partial charge is 0.476 e. The highest BCUT2D eigenvalue weighted by Gasteiger charge is 2.27. The molecule has 0 fully saturated rings. The van der Waals surface area contributed by atoms with Crippen molar-refractivity contribution in [2.75, 3.05) is 6.54 Å². The van der Waals surface area contributed by atoms with Crippen LogP contribution in [0.1, 0.15) is 51.3 Å². The van der Waals surface area contributed by atoms with Crippen molar-refractivity contribution in [3.05, 3.63) is 51.8 Å². The first-order chi connectivity index (χ1) is 12.1. The Hall–Kier alpha value is -2.63. The van der Waals surface area contributed by atoms with Crippen molar-refractivity contribution in [1.29, 1.82) is 0 Å². The van der Waals surface area contributed by atoms with Crippen LogP contribution in [0.2, 0.25) is 0 Å². The molecule has 1 amide bonds. The molecule has 25 heavy (non-hydrogen) atoms. The number of amides is 1. The Kier molecular flexibility index (Phi) is 4.03. The highest BCUT2D eigenvalue weighted by molar-refractivity contribution is 5.88. The number of hydrogen-bond acceptors (Lipinski definition) is 3. The van der Waals surface area contributed by atoms with Gasteiger partial charge in [-0.2, -0.15) is 5.10 Å². The highest BCUT2D eigenvalue weighted by atomic mass is 16.4. The summed E-state index contributed by atoms with van der Waals surface area (Å²) >= 11 is 0. The third-order valence-corrected chi connectivity index (χ3v) is 5.26. The molecule has 1 aliphatic carbocycles. The molecule has 1 aliphatic heterocycles. The zero-order chi connectivity index (χ0) is 17.4. The summed E-state index contributed by atoms with van der Waals surface area (Å²) in [6.45, 7) is 0.912. The van der Waals surface area contributed by atoms with Gasteiger partial charge in [-0.15, -0.1) is 0 Å². The number of fused-ring (bicyclic) bond motifs is 2. The van der Waals surface area contributed by atoms with Crippen LogP contribution in [-0.2, 0) is 37.0 Å². The van der Waals surface area contributed by atoms with Crippen LogP contribution in [0.4, 0.5) is 0 Å². The number of carboxylic acids is 1. The summed E-state index contributed by atoms with van der Waals surface area (Å²) in [5.41, 5.74) is 5.33. The maximum atomic E-state index is 12.7. The fourth-order valence-electron chi connectivity index (χ4n) is 3.87. The molecule has 1 aromatic carbocycles. The number of aromatic nitrogens is 2. The van der Waals surface area contributed by atoms with Gasteiger partial charge in [0.25, 0.3) is 0 Å². The molecule has 2 aromatic rings. The van der Waals surface area contributed by atoms with Crippen molar-refractivity contribution < 1.29 is 14.7 Å². The zero-order valence-corrected chi connectivity index (χ0v) is 14.0. The lowest BCUT2D eigenvalue weighted by Gasteiger charge is -2.27. The van der Waals surface area contributed by atoms with Gasteiger partial charge in [0.1, 0.15) is 0 Å². The van der Waals surface area contributed by atoms with Crippen molar-refractivity contribution in [2.45, 2.75) is 45.1 Å². The Morgan fingerprint density at radius 3 is 2.76 bits per heavy atom. The number of benzene rings is 1. The Morgan fingerprint density at radius 1 is 1.16 bits per heavy atom. The predicted octanol–water partition coefficient (Wildman–Crippen LogP) is 2.11. The predicted molar refractivity (Wildman–Crippen MR) is 91.5 cm³/mol. The normalized spacial score (nSPS) is 16.2. The van der Waals surface area contributed by atoms with Crippen molar-refractivity contribution in [3.63, 3.8) is 0 Å². The summed E-state index contributed by atoms with van der Waals surface area (Å²) in [4.78, 5) is 25.7. The van der Waals surface area contributed by atoms with Gasteiger partial charge in [0.2, 0.25) is 5.91 Å². The van der Waals surface area contributed by atoms with Crippen molar-refractivity contribution >= 4 is 11.9 Å². The van der Waals surface area contributed by atoms with Gasteiger partial charge in [0.05, 0.1) is 6.42 Å². The van der Waals surface area contributed by atoms with Gasteiger partial charge in [-0.05, 0) is 42.4 Å². The lowest BCUT2D eigenvalue weighted by Crippen LogP contribution is -2.37. The van der Waals surface area contributed by atoms with E-state index in [-0.39, 0.29) is 11.6 Å². The van der Waals surface area contributed by atoms with E-state index < -0.39 is 5.97 Å². The Labute approximate surface area is 145 Å². The Bertz CT molecular complexity index is 840. The molecule has 0 spiro atoms. The van der Waals surface area contributed by atoms with E-state index in [9.17, 15) is 14.7 Å². The molecule has 2 heterocycles. The molecule has 130 valence electrons. The number of H-pyrrole nitrogens is 1. The molecule has 6 nitrogen and oxygen atoms in total. The van der Waals surface area contributed by atoms with Crippen molar-refractivity contribution in [3.8, 4) is 0 Å². The molecule has 2 N–H and O–H groups in total. The molecular weight excluding hydrogens is 318 g/mol. The van der Waals surface area contributed by atoms with Gasteiger partial charge in [0.15, 0.2) is 5.69 Å². The number of aromatic amines is 1. The maximum Gasteiger partial charge on any atom is 0.356 e. The first kappa shape index (κ1) is 15.9. The van der Waals surface area contributed by atoms with E-state index in [0.29, 0.717) is 31.5 Å². The summed E-state index contributed by atoms with van der Waals surface area (Å²) in [6, 6.07) is 6.38. The standard InChI is InChI=1S/C19H21N3O3/c23-17(10-12-5-6-13-3-1-2-4-14(13)9-12)22-8-7-16-15(11-22)18(19(24)25)21-20-16/h5-6,9H,1-4,7-8,10-11H2,(H,20,21)(H,24,25). The van der Waals surface area contributed by atoms with Crippen LogP contribution in [-0.4, -0.2) is 38.6 Å². The average molecular weight is 339 g/mol. The number of aromatic carboxylic acids is 1. The highest BCUT2D eigenvalue weighted by Crippen LogP contribution is 2.24. The summed E-state index contributed by atoms with van der Waals surface area (Å²) < 4.78 is 0. The van der Waals surface area contributed by atoms with Crippen molar-refractivity contribution in [1.82, 2.24) is 15.1 Å². The molecular formula is C19H21N3O3. The molecule has 4 rings (SSSR count). The second-order valence-electron chi connectivity index (χ2n) is 6.89. The Balaban J connectivity index is 1.48. The number of nitrogens with zero attached hydrogens (tertiary/aromatic N) is 2. The second-order valence-corrected chi connectivity index (χ2v) is 6.89. The van der Waals surface area contributed by atoms with Crippen LogP contribution in [0.25, 0.3) is 0 Å². The quantitative estimate of drug-likeness (QED) is 0.897. The number of carbonyl (C=O) groups excluding carboxylic acids is 1. The number of hydrogen-bond donors (Lipinski definition) is 2. The molecule has 0 atom stereocenters. The molecule has 0 bridgehead atoms. The van der Waals surface area contributed by atoms with Crippen LogP contribution in [0, 0.1) is 0 Å². The number of rotatable bonds is 3. The van der Waals surface area contributed by atoms with E-state index >= 15 is 0 Å². The molecule has 0 radical (unpaired) electrons. The zero-order valence-electron chi connectivity index (χ0n) is 14.0. The summed E-state index contributed by atoms with van der Waals surface area (Å²) in [7, 11) is 0. The van der Waals surface area contributed by atoms with Gasteiger partial charge in [-0.1, -0.05) is 18.2 Å². The first-order valence-corrected chi connectivity index (χ1v) is 8.79. The molecule has 6 heteroatoms. The lowest BCUT2D eigenvalue weighted by molar-refractivity contribution is -0.131. The van der Waals surface area contributed by atoms with E-state index in [1.165, 1.54) is 24.0 Å². The topological polar surface area (TPSA) is 86.3 Å². The fourth-order valence-corrected chi connectivity index (χ4v) is 3.87. The first-order valence-electron chi connectivity index (χ1n) is 8.79. The van der Waals surface area contributed by atoms with Crippen LogP contribution in [0.15, 0.2) is 18.2 Å². The second kappa shape index (κ2) is 6.35. The van der Waals surface area contributed by atoms with Gasteiger partial charge < -0.3 is 10.0 Å².